The summed E-state index contributed by atoms with van der Waals surface area (Å²) in [4.78, 5) is 0. The van der Waals surface area contributed by atoms with Gasteiger partial charge in [0.1, 0.15) is 17.5 Å². The Morgan fingerprint density at radius 1 is 0.542 bits per heavy atom. The highest BCUT2D eigenvalue weighted by Gasteiger charge is 2.74. The van der Waals surface area contributed by atoms with E-state index >= 15 is 0 Å². The Labute approximate surface area is 126 Å². The maximum atomic E-state index is 14.8. The van der Waals surface area contributed by atoms with Crippen LogP contribution in [0, 0.1) is 40.7 Å². The Hall–Kier alpha value is -2.26. The van der Waals surface area contributed by atoms with E-state index in [9.17, 15) is 43.9 Å². The first kappa shape index (κ1) is 16.6. The molecule has 2 aromatic carbocycles. The summed E-state index contributed by atoms with van der Waals surface area (Å²) in [5.74, 6) is -21.5. The molecule has 0 fully saturated rings. The minimum absolute atomic E-state index is 0.179. The second-order valence-corrected chi connectivity index (χ2v) is 4.98. The van der Waals surface area contributed by atoms with Gasteiger partial charge in [-0.2, -0.15) is 8.78 Å². The summed E-state index contributed by atoms with van der Waals surface area (Å²) in [5, 5.41) is 0. The fourth-order valence-electron chi connectivity index (χ4n) is 2.67. The second kappa shape index (κ2) is 4.64. The Bertz CT molecular complexity index is 865. The van der Waals surface area contributed by atoms with Gasteiger partial charge in [0.25, 0.3) is 0 Å². The predicted molar refractivity (Wildman–Crippen MR) is 58.4 cm³/mol. The molecule has 1 aliphatic carbocycles. The summed E-state index contributed by atoms with van der Waals surface area (Å²) >= 11 is 0. The molecule has 24 heavy (non-hydrogen) atoms. The molecule has 0 amide bonds. The number of alkyl halides is 3. The van der Waals surface area contributed by atoms with Gasteiger partial charge in [-0.25, -0.2) is 35.1 Å². The molecule has 0 heterocycles. The highest BCUT2D eigenvalue weighted by Crippen LogP contribution is 2.65. The summed E-state index contributed by atoms with van der Waals surface area (Å²) in [7, 11) is 0. The molecule has 0 N–H and O–H groups in total. The first-order chi connectivity index (χ1) is 11.0. The molecule has 0 spiro atoms. The van der Waals surface area contributed by atoms with Crippen LogP contribution in [0.4, 0.5) is 43.9 Å². The molecule has 0 radical (unpaired) electrons. The lowest BCUT2D eigenvalue weighted by molar-refractivity contribution is -0.169. The van der Waals surface area contributed by atoms with Crippen LogP contribution in [0.1, 0.15) is 16.7 Å². The molecule has 0 saturated heterocycles. The topological polar surface area (TPSA) is 0 Å². The summed E-state index contributed by atoms with van der Waals surface area (Å²) in [6, 6.07) is -0.357. The van der Waals surface area contributed by atoms with E-state index in [1.807, 2.05) is 0 Å². The monoisotopic (exact) mass is 360 g/mol. The number of hydrogen-bond donors (Lipinski definition) is 0. The molecule has 0 bridgehead atoms. The van der Waals surface area contributed by atoms with E-state index in [0.717, 1.165) is 0 Å². The molecule has 0 nitrogen and oxygen atoms in total. The number of benzene rings is 2. The van der Waals surface area contributed by atoms with Gasteiger partial charge in [0, 0.05) is 12.1 Å². The molecule has 128 valence electrons. The van der Waals surface area contributed by atoms with Crippen LogP contribution in [-0.4, -0.2) is 0 Å². The van der Waals surface area contributed by atoms with E-state index in [2.05, 4.69) is 0 Å². The lowest BCUT2D eigenvalue weighted by Crippen LogP contribution is -2.54. The first-order valence-electron chi connectivity index (χ1n) is 6.04. The summed E-state index contributed by atoms with van der Waals surface area (Å²) in [6.45, 7) is 0. The van der Waals surface area contributed by atoms with Crippen LogP contribution >= 0.6 is 0 Å². The molecule has 3 rings (SSSR count). The summed E-state index contributed by atoms with van der Waals surface area (Å²) < 4.78 is 136. The third kappa shape index (κ3) is 1.65. The minimum Gasteiger partial charge on any atom is -0.226 e. The average molecular weight is 360 g/mol. The normalized spacial score (nSPS) is 21.4. The molecule has 1 atom stereocenters. The van der Waals surface area contributed by atoms with E-state index in [1.165, 1.54) is 0 Å². The van der Waals surface area contributed by atoms with Gasteiger partial charge in [-0.3, -0.25) is 0 Å². The zero-order valence-corrected chi connectivity index (χ0v) is 10.9. The van der Waals surface area contributed by atoms with Gasteiger partial charge in [0.15, 0.2) is 23.3 Å². The van der Waals surface area contributed by atoms with Gasteiger partial charge in [0.2, 0.25) is 5.67 Å². The van der Waals surface area contributed by atoms with Crippen LogP contribution < -0.4 is 0 Å². The molecular weight excluding hydrogens is 358 g/mol. The maximum Gasteiger partial charge on any atom is 0.318 e. The van der Waals surface area contributed by atoms with Gasteiger partial charge in [-0.15, -0.1) is 0 Å². The van der Waals surface area contributed by atoms with Crippen LogP contribution in [0.3, 0.4) is 0 Å². The van der Waals surface area contributed by atoms with Crippen LogP contribution in [0.25, 0.3) is 0 Å². The van der Waals surface area contributed by atoms with Crippen molar-refractivity contribution in [2.75, 3.05) is 0 Å². The van der Waals surface area contributed by atoms with Crippen LogP contribution in [0.15, 0.2) is 12.1 Å². The lowest BCUT2D eigenvalue weighted by Gasteiger charge is -2.45. The van der Waals surface area contributed by atoms with E-state index in [1.54, 1.807) is 0 Å². The zero-order valence-electron chi connectivity index (χ0n) is 10.9. The van der Waals surface area contributed by atoms with Crippen molar-refractivity contribution < 1.29 is 43.9 Å². The standard InChI is InChI=1S/C14H2F10/c15-3-1-4(16)6(5(17)2-3)13(22)7-8(14(13,23)24)10(19)12(21)11(20)9(7)18/h1-2H. The maximum absolute atomic E-state index is 14.8. The zero-order chi connectivity index (χ0) is 18.2. The largest absolute Gasteiger partial charge is 0.318 e. The van der Waals surface area contributed by atoms with Gasteiger partial charge in [-0.1, -0.05) is 0 Å². The first-order valence-corrected chi connectivity index (χ1v) is 6.04. The Kier molecular flexibility index (Phi) is 3.21. The molecule has 0 aromatic heterocycles. The fraction of sp³-hybridized carbons (Fsp3) is 0.143. The number of fused-ring (bicyclic) bond motifs is 1. The van der Waals surface area contributed by atoms with Gasteiger partial charge in [-0.05, 0) is 0 Å². The number of hydrogen-bond acceptors (Lipinski definition) is 0. The Morgan fingerprint density at radius 2 is 0.958 bits per heavy atom. The smallest absolute Gasteiger partial charge is 0.226 e. The highest BCUT2D eigenvalue weighted by molar-refractivity contribution is 5.58. The van der Waals surface area contributed by atoms with Crippen molar-refractivity contribution in [3.63, 3.8) is 0 Å². The molecule has 0 aliphatic heterocycles. The molecule has 1 unspecified atom stereocenters. The third-order valence-corrected chi connectivity index (χ3v) is 3.71. The van der Waals surface area contributed by atoms with Crippen molar-refractivity contribution in [1.82, 2.24) is 0 Å². The van der Waals surface area contributed by atoms with Crippen LogP contribution in [0.5, 0.6) is 0 Å². The molecule has 0 saturated carbocycles. The van der Waals surface area contributed by atoms with Crippen molar-refractivity contribution in [3.8, 4) is 0 Å². The van der Waals surface area contributed by atoms with E-state index in [-0.39, 0.29) is 12.1 Å². The van der Waals surface area contributed by atoms with Crippen molar-refractivity contribution in [2.24, 2.45) is 0 Å². The lowest BCUT2D eigenvalue weighted by atomic mass is 9.66. The Morgan fingerprint density at radius 3 is 1.42 bits per heavy atom. The fourth-order valence-corrected chi connectivity index (χ4v) is 2.67. The van der Waals surface area contributed by atoms with Crippen LogP contribution in [-0.2, 0) is 11.6 Å². The number of halogens is 10. The van der Waals surface area contributed by atoms with Crippen molar-refractivity contribution >= 4 is 0 Å². The molecule has 2 aromatic rings. The molecule has 1 aliphatic rings. The second-order valence-electron chi connectivity index (χ2n) is 4.98. The van der Waals surface area contributed by atoms with Gasteiger partial charge >= 0.3 is 5.92 Å². The summed E-state index contributed by atoms with van der Waals surface area (Å²) in [6.07, 6.45) is 0. The highest BCUT2D eigenvalue weighted by atomic mass is 19.3. The minimum atomic E-state index is -5.14. The van der Waals surface area contributed by atoms with Crippen molar-refractivity contribution in [1.29, 1.82) is 0 Å². The predicted octanol–water partition coefficient (Wildman–Crippen LogP) is 4.98. The van der Waals surface area contributed by atoms with Crippen molar-refractivity contribution in [3.05, 3.63) is 69.5 Å². The van der Waals surface area contributed by atoms with E-state index < -0.39 is 69.0 Å². The molecule has 10 heteroatoms. The summed E-state index contributed by atoms with van der Waals surface area (Å²) in [5.41, 5.74) is -11.1. The van der Waals surface area contributed by atoms with Gasteiger partial charge < -0.3 is 0 Å². The van der Waals surface area contributed by atoms with E-state index in [4.69, 9.17) is 0 Å². The van der Waals surface area contributed by atoms with Crippen LogP contribution in [0.2, 0.25) is 0 Å². The Balaban J connectivity index is 2.44. The quantitative estimate of drug-likeness (QED) is 0.382. The van der Waals surface area contributed by atoms with Crippen molar-refractivity contribution in [2.45, 2.75) is 11.6 Å². The van der Waals surface area contributed by atoms with Gasteiger partial charge in [0.05, 0.1) is 16.7 Å². The number of rotatable bonds is 1. The van der Waals surface area contributed by atoms with E-state index in [0.29, 0.717) is 0 Å². The third-order valence-electron chi connectivity index (χ3n) is 3.71. The average Bonchev–Trinajstić information content (AvgIpc) is 2.46. The SMILES string of the molecule is Fc1cc(F)c(C2(F)c3c(F)c(F)c(F)c(F)c3C2(F)F)c(F)c1. The molecular formula is C14H2F10.